The van der Waals surface area contributed by atoms with Crippen LogP contribution in [0.5, 0.6) is 0 Å². The smallest absolute Gasteiger partial charge is 0.0790 e. The predicted molar refractivity (Wildman–Crippen MR) is 85.8 cm³/mol. The van der Waals surface area contributed by atoms with Crippen molar-refractivity contribution in [2.24, 2.45) is 0 Å². The summed E-state index contributed by atoms with van der Waals surface area (Å²) in [7, 11) is 0. The zero-order chi connectivity index (χ0) is 13.9. The highest BCUT2D eigenvalue weighted by Gasteiger charge is 2.06. The van der Waals surface area contributed by atoms with E-state index in [0.29, 0.717) is 0 Å². The maximum atomic E-state index is 10.1. The Balaban J connectivity index is 2.23. The number of aliphatic hydroxyl groups excluding tert-OH is 1. The Morgan fingerprint density at radius 3 is 2.21 bits per heavy atom. The van der Waals surface area contributed by atoms with Gasteiger partial charge in [-0.3, -0.25) is 0 Å². The molecule has 0 aliphatic carbocycles. The summed E-state index contributed by atoms with van der Waals surface area (Å²) in [5.41, 5.74) is 1.06. The topological polar surface area (TPSA) is 20.2 Å². The van der Waals surface area contributed by atoms with Gasteiger partial charge in [-0.1, -0.05) is 64.5 Å². The molecule has 1 unspecified atom stereocenters. The summed E-state index contributed by atoms with van der Waals surface area (Å²) in [5, 5.41) is 10.1. The van der Waals surface area contributed by atoms with Gasteiger partial charge in [0.15, 0.2) is 0 Å². The van der Waals surface area contributed by atoms with Crippen molar-refractivity contribution in [3.63, 3.8) is 0 Å². The third kappa shape index (κ3) is 7.03. The number of aliphatic hydroxyl groups is 1. The van der Waals surface area contributed by atoms with E-state index in [9.17, 15) is 5.11 Å². The second kappa shape index (κ2) is 10.3. The number of rotatable bonds is 10. The highest BCUT2D eigenvalue weighted by Crippen LogP contribution is 2.24. The lowest BCUT2D eigenvalue weighted by Gasteiger charge is -2.11. The third-order valence-electron chi connectivity index (χ3n) is 3.41. The monoisotopic (exact) mass is 280 g/mol. The molecule has 2 heteroatoms. The van der Waals surface area contributed by atoms with Gasteiger partial charge < -0.3 is 5.11 Å². The number of hydrogen-bond donors (Lipinski definition) is 1. The minimum absolute atomic E-state index is 0.285. The summed E-state index contributed by atoms with van der Waals surface area (Å²) in [5.74, 6) is 1.10. The molecule has 0 saturated carbocycles. The fraction of sp³-hybridized carbons (Fsp3) is 0.647. The maximum absolute atomic E-state index is 10.1. The fourth-order valence-corrected chi connectivity index (χ4v) is 2.90. The lowest BCUT2D eigenvalue weighted by Crippen LogP contribution is -1.97. The van der Waals surface area contributed by atoms with Crippen LogP contribution in [-0.4, -0.2) is 10.9 Å². The van der Waals surface area contributed by atoms with E-state index in [-0.39, 0.29) is 6.10 Å². The predicted octanol–water partition coefficient (Wildman–Crippen LogP) is 5.58. The summed E-state index contributed by atoms with van der Waals surface area (Å²) >= 11 is 1.84. The molecule has 0 fully saturated rings. The lowest BCUT2D eigenvalue weighted by atomic mass is 10.0. The van der Waals surface area contributed by atoms with Crippen LogP contribution in [0, 0.1) is 0 Å². The van der Waals surface area contributed by atoms with E-state index in [4.69, 9.17) is 0 Å². The van der Waals surface area contributed by atoms with Crippen LogP contribution >= 0.6 is 11.8 Å². The summed E-state index contributed by atoms with van der Waals surface area (Å²) in [6, 6.07) is 8.38. The first kappa shape index (κ1) is 16.6. The number of hydrogen-bond acceptors (Lipinski definition) is 2. The van der Waals surface area contributed by atoms with Gasteiger partial charge in [0.25, 0.3) is 0 Å². The summed E-state index contributed by atoms with van der Waals surface area (Å²) in [4.78, 5) is 1.29. The lowest BCUT2D eigenvalue weighted by molar-refractivity contribution is 0.163. The van der Waals surface area contributed by atoms with E-state index in [1.807, 2.05) is 11.8 Å². The molecule has 108 valence electrons. The van der Waals surface area contributed by atoms with E-state index in [1.54, 1.807) is 0 Å². The zero-order valence-electron chi connectivity index (χ0n) is 12.4. The van der Waals surface area contributed by atoms with Crippen molar-refractivity contribution in [1.82, 2.24) is 0 Å². The molecule has 0 spiro atoms. The van der Waals surface area contributed by atoms with Crippen molar-refractivity contribution in [3.8, 4) is 0 Å². The Hall–Kier alpha value is -0.470. The van der Waals surface area contributed by atoms with Crippen LogP contribution in [0.2, 0.25) is 0 Å². The maximum Gasteiger partial charge on any atom is 0.0790 e. The SMILES string of the molecule is CCCCCCCCC(O)c1ccc(SCC)cc1. The van der Waals surface area contributed by atoms with E-state index in [2.05, 4.69) is 38.1 Å². The Bertz CT molecular complexity index is 321. The van der Waals surface area contributed by atoms with Gasteiger partial charge in [0.1, 0.15) is 0 Å². The van der Waals surface area contributed by atoms with Crippen molar-refractivity contribution >= 4 is 11.8 Å². The second-order valence-corrected chi connectivity index (χ2v) is 6.41. The Morgan fingerprint density at radius 2 is 1.58 bits per heavy atom. The number of benzene rings is 1. The molecule has 0 heterocycles. The van der Waals surface area contributed by atoms with Crippen LogP contribution in [0.25, 0.3) is 0 Å². The van der Waals surface area contributed by atoms with E-state index in [0.717, 1.165) is 24.2 Å². The van der Waals surface area contributed by atoms with Crippen molar-refractivity contribution < 1.29 is 5.11 Å². The van der Waals surface area contributed by atoms with Crippen LogP contribution < -0.4 is 0 Å². The number of unbranched alkanes of at least 4 members (excludes halogenated alkanes) is 5. The molecular formula is C17H28OS. The molecule has 1 nitrogen and oxygen atoms in total. The van der Waals surface area contributed by atoms with Gasteiger partial charge in [0.05, 0.1) is 6.10 Å². The minimum atomic E-state index is -0.285. The summed E-state index contributed by atoms with van der Waals surface area (Å²) in [6.45, 7) is 4.40. The van der Waals surface area contributed by atoms with E-state index >= 15 is 0 Å². The molecule has 0 aromatic heterocycles. The van der Waals surface area contributed by atoms with Crippen LogP contribution in [0.1, 0.15) is 70.5 Å². The zero-order valence-corrected chi connectivity index (χ0v) is 13.2. The fourth-order valence-electron chi connectivity index (χ4n) is 2.24. The summed E-state index contributed by atoms with van der Waals surface area (Å²) in [6.07, 6.45) is 8.29. The van der Waals surface area contributed by atoms with Crippen LogP contribution in [0.15, 0.2) is 29.2 Å². The molecule has 0 aliphatic heterocycles. The normalized spacial score (nSPS) is 12.6. The average Bonchev–Trinajstić information content (AvgIpc) is 2.43. The first-order chi connectivity index (χ1) is 9.27. The average molecular weight is 280 g/mol. The van der Waals surface area contributed by atoms with Gasteiger partial charge in [-0.2, -0.15) is 0 Å². The highest BCUT2D eigenvalue weighted by atomic mass is 32.2. The molecule has 1 rings (SSSR count). The Morgan fingerprint density at radius 1 is 0.947 bits per heavy atom. The van der Waals surface area contributed by atoms with Crippen molar-refractivity contribution in [1.29, 1.82) is 0 Å². The molecule has 0 radical (unpaired) electrons. The highest BCUT2D eigenvalue weighted by molar-refractivity contribution is 7.99. The van der Waals surface area contributed by atoms with Crippen molar-refractivity contribution in [2.45, 2.75) is 69.8 Å². The van der Waals surface area contributed by atoms with Crippen LogP contribution in [-0.2, 0) is 0 Å². The van der Waals surface area contributed by atoms with Gasteiger partial charge in [-0.15, -0.1) is 11.8 Å². The van der Waals surface area contributed by atoms with Gasteiger partial charge in [0, 0.05) is 4.90 Å². The molecule has 1 atom stereocenters. The van der Waals surface area contributed by atoms with Crippen molar-refractivity contribution in [2.75, 3.05) is 5.75 Å². The largest absolute Gasteiger partial charge is 0.388 e. The van der Waals surface area contributed by atoms with Gasteiger partial charge in [0.2, 0.25) is 0 Å². The number of thioether (sulfide) groups is 1. The molecule has 1 aromatic rings. The van der Waals surface area contributed by atoms with Crippen molar-refractivity contribution in [3.05, 3.63) is 29.8 Å². The van der Waals surface area contributed by atoms with E-state index in [1.165, 1.54) is 37.0 Å². The second-order valence-electron chi connectivity index (χ2n) is 5.07. The third-order valence-corrected chi connectivity index (χ3v) is 4.30. The first-order valence-corrected chi connectivity index (χ1v) is 8.67. The molecule has 0 saturated heterocycles. The standard InChI is InChI=1S/C17H28OS/c1-3-5-6-7-8-9-10-17(18)15-11-13-16(14-12-15)19-4-2/h11-14,17-18H,3-10H2,1-2H3. The molecule has 0 aliphatic rings. The molecule has 0 bridgehead atoms. The Kier molecular flexibility index (Phi) is 9.02. The quantitative estimate of drug-likeness (QED) is 0.446. The molecule has 0 amide bonds. The molecule has 19 heavy (non-hydrogen) atoms. The van der Waals surface area contributed by atoms with Gasteiger partial charge >= 0.3 is 0 Å². The molecular weight excluding hydrogens is 252 g/mol. The van der Waals surface area contributed by atoms with Gasteiger partial charge in [-0.05, 0) is 29.9 Å². The minimum Gasteiger partial charge on any atom is -0.388 e. The van der Waals surface area contributed by atoms with E-state index < -0.39 is 0 Å². The van der Waals surface area contributed by atoms with Crippen LogP contribution in [0.3, 0.4) is 0 Å². The van der Waals surface area contributed by atoms with Crippen LogP contribution in [0.4, 0.5) is 0 Å². The molecule has 1 N–H and O–H groups in total. The first-order valence-electron chi connectivity index (χ1n) is 7.68. The Labute approximate surface area is 122 Å². The molecule has 1 aromatic carbocycles. The summed E-state index contributed by atoms with van der Waals surface area (Å²) < 4.78 is 0. The van der Waals surface area contributed by atoms with Gasteiger partial charge in [-0.25, -0.2) is 0 Å².